The predicted octanol–water partition coefficient (Wildman–Crippen LogP) is 7.61. The number of ketones is 3. The smallest absolute Gasteiger partial charge is 0.167 e. The minimum Gasteiger partial charge on any atom is -0.497 e. The summed E-state index contributed by atoms with van der Waals surface area (Å²) in [6.07, 6.45) is 2.96. The summed E-state index contributed by atoms with van der Waals surface area (Å²) in [6.45, 7) is 0. The molecular weight excluding hydrogens is 604 g/mol. The average molecular weight is 639 g/mol. The third-order valence-corrected chi connectivity index (χ3v) is 8.82. The van der Waals surface area contributed by atoms with Gasteiger partial charge in [-0.3, -0.25) is 14.4 Å². The van der Waals surface area contributed by atoms with Crippen LogP contribution >= 0.6 is 11.6 Å². The Balaban J connectivity index is 1.68. The quantitative estimate of drug-likeness (QED) is 0.0949. The molecule has 46 heavy (non-hydrogen) atoms. The monoisotopic (exact) mass is 638 g/mol. The van der Waals surface area contributed by atoms with E-state index in [1.807, 2.05) is 30.3 Å². The highest BCUT2D eigenvalue weighted by atomic mass is 35.5. The standard InChI is InChI=1S/C38H35ClO7/c1-43-27-15-18-33(45-3)25(20-27)12-17-31(40)37-32(41)22-30(29-21-28(44-2)16-19-34(29)46-4)36(35(37)23-8-6-5-7-9-23)38(42)24-10-13-26(39)14-11-24/h5-21,30,35-37H,22H2,1-4H3/b17-12+/t30-,35-,36+,37?/m1/s1. The van der Waals surface area contributed by atoms with E-state index >= 15 is 0 Å². The molecule has 1 fully saturated rings. The van der Waals surface area contributed by atoms with Crippen LogP contribution in [0, 0.1) is 11.8 Å². The third kappa shape index (κ3) is 6.70. The average Bonchev–Trinajstić information content (AvgIpc) is 3.09. The minimum atomic E-state index is -1.12. The molecule has 1 saturated carbocycles. The van der Waals surface area contributed by atoms with E-state index in [-0.39, 0.29) is 18.0 Å². The molecule has 5 rings (SSSR count). The van der Waals surface area contributed by atoms with Crippen molar-refractivity contribution < 1.29 is 33.3 Å². The summed E-state index contributed by atoms with van der Waals surface area (Å²) < 4.78 is 22.1. The molecule has 4 aromatic carbocycles. The van der Waals surface area contributed by atoms with Crippen molar-refractivity contribution in [2.45, 2.75) is 18.3 Å². The summed E-state index contributed by atoms with van der Waals surface area (Å²) in [5, 5.41) is 0.493. The van der Waals surface area contributed by atoms with Crippen molar-refractivity contribution in [2.75, 3.05) is 28.4 Å². The maximum absolute atomic E-state index is 14.7. The van der Waals surface area contributed by atoms with Crippen LogP contribution in [0.3, 0.4) is 0 Å². The highest BCUT2D eigenvalue weighted by Crippen LogP contribution is 2.51. The Morgan fingerprint density at radius 2 is 1.39 bits per heavy atom. The second kappa shape index (κ2) is 14.5. The van der Waals surface area contributed by atoms with E-state index < -0.39 is 29.5 Å². The molecule has 0 bridgehead atoms. The zero-order valence-electron chi connectivity index (χ0n) is 26.1. The molecule has 0 amide bonds. The van der Waals surface area contributed by atoms with Gasteiger partial charge in [-0.25, -0.2) is 0 Å². The molecule has 0 saturated heterocycles. The first-order chi connectivity index (χ1) is 22.3. The van der Waals surface area contributed by atoms with Crippen molar-refractivity contribution in [2.24, 2.45) is 11.8 Å². The van der Waals surface area contributed by atoms with Crippen molar-refractivity contribution in [1.82, 2.24) is 0 Å². The van der Waals surface area contributed by atoms with Gasteiger partial charge in [0.1, 0.15) is 28.8 Å². The number of carbonyl (C=O) groups excluding carboxylic acids is 3. The number of hydrogen-bond donors (Lipinski definition) is 0. The number of methoxy groups -OCH3 is 4. The van der Waals surface area contributed by atoms with Crippen molar-refractivity contribution in [3.05, 3.63) is 124 Å². The van der Waals surface area contributed by atoms with Gasteiger partial charge in [0, 0.05) is 45.9 Å². The third-order valence-electron chi connectivity index (χ3n) is 8.57. The number of carbonyl (C=O) groups is 3. The number of halogens is 1. The zero-order chi connectivity index (χ0) is 32.8. The SMILES string of the molecule is COc1ccc(OC)c(/C=C/C(=O)C2C(=O)C[C@H](c3cc(OC)ccc3OC)[C@H](C(=O)c3ccc(Cl)cc3)[C@H]2c2ccccc2)c1. The van der Waals surface area contributed by atoms with E-state index in [2.05, 4.69) is 0 Å². The normalized spacial score (nSPS) is 19.5. The highest BCUT2D eigenvalue weighted by molar-refractivity contribution is 6.30. The van der Waals surface area contributed by atoms with Crippen LogP contribution in [-0.2, 0) is 9.59 Å². The van der Waals surface area contributed by atoms with E-state index in [0.29, 0.717) is 50.3 Å². The van der Waals surface area contributed by atoms with Gasteiger partial charge in [-0.1, -0.05) is 41.9 Å². The Hall–Kier alpha value is -4.88. The Bertz CT molecular complexity index is 1750. The molecule has 0 heterocycles. The zero-order valence-corrected chi connectivity index (χ0v) is 26.8. The first-order valence-corrected chi connectivity index (χ1v) is 15.2. The Morgan fingerprint density at radius 3 is 2.02 bits per heavy atom. The van der Waals surface area contributed by atoms with Crippen LogP contribution in [-0.4, -0.2) is 45.8 Å². The summed E-state index contributed by atoms with van der Waals surface area (Å²) in [5.74, 6) is -1.99. The summed E-state index contributed by atoms with van der Waals surface area (Å²) in [6, 6.07) is 26.5. The number of allylic oxidation sites excluding steroid dienone is 1. The lowest BCUT2D eigenvalue weighted by Crippen LogP contribution is -2.45. The second-order valence-corrected chi connectivity index (χ2v) is 11.5. The molecule has 1 aliphatic rings. The van der Waals surface area contributed by atoms with Crippen molar-refractivity contribution in [1.29, 1.82) is 0 Å². The minimum absolute atomic E-state index is 0.0520. The lowest BCUT2D eigenvalue weighted by atomic mass is 9.59. The van der Waals surface area contributed by atoms with Crippen LogP contribution in [0.4, 0.5) is 0 Å². The van der Waals surface area contributed by atoms with E-state index in [4.69, 9.17) is 30.5 Å². The summed E-state index contributed by atoms with van der Waals surface area (Å²) in [7, 11) is 6.19. The molecule has 0 aliphatic heterocycles. The van der Waals surface area contributed by atoms with E-state index in [9.17, 15) is 14.4 Å². The fraction of sp³-hybridized carbons (Fsp3) is 0.237. The van der Waals surface area contributed by atoms with Crippen LogP contribution in [0.2, 0.25) is 5.02 Å². The van der Waals surface area contributed by atoms with Gasteiger partial charge in [0.15, 0.2) is 11.6 Å². The number of ether oxygens (including phenoxy) is 4. The van der Waals surface area contributed by atoms with Crippen LogP contribution < -0.4 is 18.9 Å². The lowest BCUT2D eigenvalue weighted by Gasteiger charge is -2.41. The Kier molecular flexibility index (Phi) is 10.2. The number of Topliss-reactive ketones (excluding diaryl/α,β-unsaturated/α-hetero) is 2. The molecule has 4 atom stereocenters. The summed E-state index contributed by atoms with van der Waals surface area (Å²) in [4.78, 5) is 43.1. The highest BCUT2D eigenvalue weighted by Gasteiger charge is 2.51. The van der Waals surface area contributed by atoms with Crippen molar-refractivity contribution >= 4 is 35.0 Å². The Morgan fingerprint density at radius 1 is 0.761 bits per heavy atom. The molecule has 1 aliphatic carbocycles. The molecule has 4 aromatic rings. The van der Waals surface area contributed by atoms with Crippen molar-refractivity contribution in [3.8, 4) is 23.0 Å². The van der Waals surface area contributed by atoms with Crippen molar-refractivity contribution in [3.63, 3.8) is 0 Å². The number of hydrogen-bond acceptors (Lipinski definition) is 7. The molecule has 8 heteroatoms. The fourth-order valence-corrected chi connectivity index (χ4v) is 6.50. The predicted molar refractivity (Wildman–Crippen MR) is 177 cm³/mol. The number of benzene rings is 4. The molecule has 0 spiro atoms. The topological polar surface area (TPSA) is 88.1 Å². The second-order valence-electron chi connectivity index (χ2n) is 11.0. The summed E-state index contributed by atoms with van der Waals surface area (Å²) >= 11 is 6.18. The van der Waals surface area contributed by atoms with Gasteiger partial charge in [-0.2, -0.15) is 0 Å². The van der Waals surface area contributed by atoms with Gasteiger partial charge in [-0.05, 0) is 78.4 Å². The lowest BCUT2D eigenvalue weighted by molar-refractivity contribution is -0.134. The van der Waals surface area contributed by atoms with Gasteiger partial charge in [0.05, 0.1) is 34.4 Å². The first kappa shape index (κ1) is 32.5. The summed E-state index contributed by atoms with van der Waals surface area (Å²) in [5.41, 5.74) is 2.41. The van der Waals surface area contributed by atoms with Crippen LogP contribution in [0.1, 0.15) is 45.3 Å². The molecule has 236 valence electrons. The molecule has 7 nitrogen and oxygen atoms in total. The molecular formula is C38H35ClO7. The first-order valence-electron chi connectivity index (χ1n) is 14.8. The number of rotatable bonds is 11. The van der Waals surface area contributed by atoms with Gasteiger partial charge in [0.25, 0.3) is 0 Å². The largest absolute Gasteiger partial charge is 0.497 e. The van der Waals surface area contributed by atoms with Crippen LogP contribution in [0.15, 0.2) is 97.1 Å². The van der Waals surface area contributed by atoms with E-state index in [1.54, 1.807) is 88.1 Å². The molecule has 0 radical (unpaired) electrons. The van der Waals surface area contributed by atoms with Gasteiger partial charge in [-0.15, -0.1) is 0 Å². The maximum Gasteiger partial charge on any atom is 0.167 e. The Labute approximate surface area is 273 Å². The fourth-order valence-electron chi connectivity index (χ4n) is 6.37. The molecule has 1 unspecified atom stereocenters. The van der Waals surface area contributed by atoms with Gasteiger partial charge < -0.3 is 18.9 Å². The van der Waals surface area contributed by atoms with Crippen LogP contribution in [0.5, 0.6) is 23.0 Å². The van der Waals surface area contributed by atoms with Gasteiger partial charge >= 0.3 is 0 Å². The van der Waals surface area contributed by atoms with Gasteiger partial charge in [0.2, 0.25) is 0 Å². The van der Waals surface area contributed by atoms with E-state index in [1.165, 1.54) is 13.2 Å². The maximum atomic E-state index is 14.7. The van der Waals surface area contributed by atoms with E-state index in [0.717, 1.165) is 0 Å². The molecule has 0 aromatic heterocycles. The van der Waals surface area contributed by atoms with Crippen LogP contribution in [0.25, 0.3) is 6.08 Å². The molecule has 0 N–H and O–H groups in total.